The number of benzene rings is 1. The molecule has 1 aromatic carbocycles. The molecule has 88 valence electrons. The SMILES string of the molecule is CNC1CCN(c2cc(Cl)ccc2C)CC1. The van der Waals surface area contributed by atoms with Gasteiger partial charge < -0.3 is 10.2 Å². The molecule has 1 aromatic rings. The van der Waals surface area contributed by atoms with Crippen LogP contribution in [0.3, 0.4) is 0 Å². The number of nitrogens with zero attached hydrogens (tertiary/aromatic N) is 1. The van der Waals surface area contributed by atoms with E-state index in [1.807, 2.05) is 13.1 Å². The molecule has 1 saturated heterocycles. The van der Waals surface area contributed by atoms with Crippen molar-refractivity contribution in [2.75, 3.05) is 25.0 Å². The van der Waals surface area contributed by atoms with Crippen molar-refractivity contribution in [3.05, 3.63) is 28.8 Å². The Labute approximate surface area is 103 Å². The normalized spacial score (nSPS) is 17.8. The van der Waals surface area contributed by atoms with Crippen LogP contribution in [0.25, 0.3) is 0 Å². The summed E-state index contributed by atoms with van der Waals surface area (Å²) in [7, 11) is 2.05. The lowest BCUT2D eigenvalue weighted by Crippen LogP contribution is -2.41. The van der Waals surface area contributed by atoms with Crippen LogP contribution < -0.4 is 10.2 Å². The molecule has 0 saturated carbocycles. The minimum absolute atomic E-state index is 0.677. The van der Waals surface area contributed by atoms with Crippen LogP contribution in [0.5, 0.6) is 0 Å². The highest BCUT2D eigenvalue weighted by Gasteiger charge is 2.18. The number of hydrogen-bond acceptors (Lipinski definition) is 2. The second kappa shape index (κ2) is 5.07. The molecule has 1 aliphatic heterocycles. The fourth-order valence-electron chi connectivity index (χ4n) is 2.33. The van der Waals surface area contributed by atoms with Gasteiger partial charge in [0.05, 0.1) is 0 Å². The molecule has 0 unspecified atom stereocenters. The highest BCUT2D eigenvalue weighted by atomic mass is 35.5. The second-order valence-electron chi connectivity index (χ2n) is 4.48. The van der Waals surface area contributed by atoms with Crippen molar-refractivity contribution in [3.63, 3.8) is 0 Å². The van der Waals surface area contributed by atoms with E-state index in [0.717, 1.165) is 18.1 Å². The molecule has 0 aliphatic carbocycles. The van der Waals surface area contributed by atoms with Crippen molar-refractivity contribution in [2.24, 2.45) is 0 Å². The van der Waals surface area contributed by atoms with Gasteiger partial charge >= 0.3 is 0 Å². The van der Waals surface area contributed by atoms with Crippen molar-refractivity contribution in [3.8, 4) is 0 Å². The van der Waals surface area contributed by atoms with Crippen LogP contribution in [-0.4, -0.2) is 26.2 Å². The van der Waals surface area contributed by atoms with Gasteiger partial charge in [0.25, 0.3) is 0 Å². The molecule has 1 fully saturated rings. The van der Waals surface area contributed by atoms with Gasteiger partial charge in [-0.05, 0) is 44.5 Å². The van der Waals surface area contributed by atoms with Crippen molar-refractivity contribution in [1.29, 1.82) is 0 Å². The van der Waals surface area contributed by atoms with Gasteiger partial charge in [0.1, 0.15) is 0 Å². The molecule has 1 aliphatic rings. The summed E-state index contributed by atoms with van der Waals surface area (Å²) in [6.07, 6.45) is 2.42. The predicted octanol–water partition coefficient (Wildman–Crippen LogP) is 2.84. The quantitative estimate of drug-likeness (QED) is 0.853. The summed E-state index contributed by atoms with van der Waals surface area (Å²) >= 11 is 6.05. The summed E-state index contributed by atoms with van der Waals surface area (Å²) in [4.78, 5) is 2.44. The lowest BCUT2D eigenvalue weighted by atomic mass is 10.0. The van der Waals surface area contributed by atoms with Gasteiger partial charge in [-0.25, -0.2) is 0 Å². The number of rotatable bonds is 2. The minimum atomic E-state index is 0.677. The van der Waals surface area contributed by atoms with E-state index in [1.165, 1.54) is 24.1 Å². The Morgan fingerprint density at radius 3 is 2.62 bits per heavy atom. The third-order valence-electron chi connectivity index (χ3n) is 3.42. The molecule has 2 nitrogen and oxygen atoms in total. The first-order chi connectivity index (χ1) is 7.70. The Hall–Kier alpha value is -0.730. The largest absolute Gasteiger partial charge is 0.371 e. The molecule has 2 rings (SSSR count). The van der Waals surface area contributed by atoms with Crippen LogP contribution in [0.4, 0.5) is 5.69 Å². The number of anilines is 1. The van der Waals surface area contributed by atoms with Gasteiger partial charge in [0.15, 0.2) is 0 Å². The summed E-state index contributed by atoms with van der Waals surface area (Å²) in [5, 5.41) is 4.18. The second-order valence-corrected chi connectivity index (χ2v) is 4.92. The van der Waals surface area contributed by atoms with Crippen LogP contribution in [0.1, 0.15) is 18.4 Å². The maximum absolute atomic E-state index is 6.05. The topological polar surface area (TPSA) is 15.3 Å². The molecular formula is C13H19ClN2. The van der Waals surface area contributed by atoms with Crippen molar-refractivity contribution in [2.45, 2.75) is 25.8 Å². The first-order valence-electron chi connectivity index (χ1n) is 5.89. The molecule has 0 bridgehead atoms. The molecule has 16 heavy (non-hydrogen) atoms. The van der Waals surface area contributed by atoms with Crippen LogP contribution in [0.2, 0.25) is 5.02 Å². The van der Waals surface area contributed by atoms with E-state index in [4.69, 9.17) is 11.6 Å². The maximum Gasteiger partial charge on any atom is 0.0426 e. The average molecular weight is 239 g/mol. The molecule has 0 atom stereocenters. The number of aryl methyl sites for hydroxylation is 1. The first kappa shape index (κ1) is 11.7. The van der Waals surface area contributed by atoms with Crippen molar-refractivity contribution < 1.29 is 0 Å². The summed E-state index contributed by atoms with van der Waals surface area (Å²) in [5.41, 5.74) is 2.61. The predicted molar refractivity (Wildman–Crippen MR) is 70.5 cm³/mol. The van der Waals surface area contributed by atoms with E-state index in [-0.39, 0.29) is 0 Å². The fourth-order valence-corrected chi connectivity index (χ4v) is 2.50. The number of nitrogens with one attached hydrogen (secondary N) is 1. The van der Waals surface area contributed by atoms with Gasteiger partial charge in [-0.3, -0.25) is 0 Å². The van der Waals surface area contributed by atoms with Crippen LogP contribution in [0.15, 0.2) is 18.2 Å². The zero-order valence-corrected chi connectivity index (χ0v) is 10.7. The molecule has 0 amide bonds. The van der Waals surface area contributed by atoms with Gasteiger partial charge in [-0.1, -0.05) is 17.7 Å². The van der Waals surface area contributed by atoms with E-state index < -0.39 is 0 Å². The molecule has 1 N–H and O–H groups in total. The smallest absolute Gasteiger partial charge is 0.0426 e. The zero-order chi connectivity index (χ0) is 11.5. The van der Waals surface area contributed by atoms with Crippen LogP contribution >= 0.6 is 11.6 Å². The highest BCUT2D eigenvalue weighted by Crippen LogP contribution is 2.26. The Morgan fingerprint density at radius 1 is 1.31 bits per heavy atom. The lowest BCUT2D eigenvalue weighted by molar-refractivity contribution is 0.442. The van der Waals surface area contributed by atoms with E-state index in [0.29, 0.717) is 6.04 Å². The van der Waals surface area contributed by atoms with E-state index in [2.05, 4.69) is 29.3 Å². The third kappa shape index (κ3) is 2.50. The van der Waals surface area contributed by atoms with E-state index >= 15 is 0 Å². The Morgan fingerprint density at radius 2 is 2.00 bits per heavy atom. The first-order valence-corrected chi connectivity index (χ1v) is 6.27. The fraction of sp³-hybridized carbons (Fsp3) is 0.538. The molecular weight excluding hydrogens is 220 g/mol. The van der Waals surface area contributed by atoms with E-state index in [9.17, 15) is 0 Å². The summed E-state index contributed by atoms with van der Waals surface area (Å²) in [6.45, 7) is 4.38. The molecule has 1 heterocycles. The summed E-state index contributed by atoms with van der Waals surface area (Å²) in [6, 6.07) is 6.81. The van der Waals surface area contributed by atoms with Crippen LogP contribution in [0, 0.1) is 6.92 Å². The monoisotopic (exact) mass is 238 g/mol. The minimum Gasteiger partial charge on any atom is -0.371 e. The average Bonchev–Trinajstić information content (AvgIpc) is 2.32. The van der Waals surface area contributed by atoms with Crippen molar-refractivity contribution >= 4 is 17.3 Å². The zero-order valence-electron chi connectivity index (χ0n) is 9.96. The Balaban J connectivity index is 2.10. The van der Waals surface area contributed by atoms with Gasteiger partial charge in [-0.2, -0.15) is 0 Å². The molecule has 0 spiro atoms. The van der Waals surface area contributed by atoms with Gasteiger partial charge in [-0.15, -0.1) is 0 Å². The molecule has 0 radical (unpaired) electrons. The molecule has 3 heteroatoms. The Bertz CT molecular complexity index is 357. The van der Waals surface area contributed by atoms with Gasteiger partial charge in [0, 0.05) is 29.8 Å². The van der Waals surface area contributed by atoms with E-state index in [1.54, 1.807) is 0 Å². The lowest BCUT2D eigenvalue weighted by Gasteiger charge is -2.34. The number of halogens is 1. The summed E-state index contributed by atoms with van der Waals surface area (Å²) < 4.78 is 0. The molecule has 0 aromatic heterocycles. The maximum atomic E-state index is 6.05. The summed E-state index contributed by atoms with van der Waals surface area (Å²) in [5.74, 6) is 0. The Kier molecular flexibility index (Phi) is 3.72. The van der Waals surface area contributed by atoms with Crippen LogP contribution in [-0.2, 0) is 0 Å². The van der Waals surface area contributed by atoms with Crippen molar-refractivity contribution in [1.82, 2.24) is 5.32 Å². The standard InChI is InChI=1S/C13H19ClN2/c1-10-3-4-11(14)9-13(10)16-7-5-12(15-2)6-8-16/h3-4,9,12,15H,5-8H2,1-2H3. The third-order valence-corrected chi connectivity index (χ3v) is 3.65. The number of hydrogen-bond donors (Lipinski definition) is 1. The highest BCUT2D eigenvalue weighted by molar-refractivity contribution is 6.30. The number of piperidine rings is 1. The van der Waals surface area contributed by atoms with Gasteiger partial charge in [0.2, 0.25) is 0 Å².